The molecule has 3 nitrogen and oxygen atoms in total. The number of aromatic nitrogens is 2. The van der Waals surface area contributed by atoms with E-state index in [1.807, 2.05) is 6.20 Å². The van der Waals surface area contributed by atoms with E-state index in [1.165, 1.54) is 28.1 Å². The number of hydrogen-bond donors (Lipinski definition) is 1. The fourth-order valence-corrected chi connectivity index (χ4v) is 2.74. The standard InChI is InChI=1S/C15H19N3/c1-3-9-18-11(2)14(10-17-18)12-5-4-6-15-13(12)7-8-16-15/h4-6,10,16H,3,7-9H2,1-2H3. The Morgan fingerprint density at radius 1 is 1.33 bits per heavy atom. The molecule has 0 radical (unpaired) electrons. The van der Waals surface area contributed by atoms with Crippen LogP contribution >= 0.6 is 0 Å². The molecule has 2 aromatic rings. The smallest absolute Gasteiger partial charge is 0.0571 e. The molecule has 0 saturated carbocycles. The normalized spacial score (nSPS) is 13.4. The molecule has 94 valence electrons. The van der Waals surface area contributed by atoms with Crippen LogP contribution in [0.15, 0.2) is 24.4 Å². The molecule has 0 saturated heterocycles. The summed E-state index contributed by atoms with van der Waals surface area (Å²) in [5.74, 6) is 0. The highest BCUT2D eigenvalue weighted by Gasteiger charge is 2.17. The van der Waals surface area contributed by atoms with Crippen molar-refractivity contribution in [2.45, 2.75) is 33.2 Å². The van der Waals surface area contributed by atoms with E-state index in [0.717, 1.165) is 25.9 Å². The molecule has 1 aliphatic rings. The van der Waals surface area contributed by atoms with Crippen LogP contribution in [-0.2, 0) is 13.0 Å². The van der Waals surface area contributed by atoms with Crippen molar-refractivity contribution in [2.24, 2.45) is 0 Å². The number of fused-ring (bicyclic) bond motifs is 1. The van der Waals surface area contributed by atoms with Crippen LogP contribution < -0.4 is 5.32 Å². The molecule has 0 unspecified atom stereocenters. The van der Waals surface area contributed by atoms with Crippen molar-refractivity contribution in [3.8, 4) is 11.1 Å². The van der Waals surface area contributed by atoms with Crippen LogP contribution in [0.25, 0.3) is 11.1 Å². The first-order chi connectivity index (χ1) is 8.81. The summed E-state index contributed by atoms with van der Waals surface area (Å²) in [6.45, 7) is 6.40. The van der Waals surface area contributed by atoms with E-state index in [-0.39, 0.29) is 0 Å². The zero-order valence-corrected chi connectivity index (χ0v) is 11.0. The quantitative estimate of drug-likeness (QED) is 0.894. The van der Waals surface area contributed by atoms with Crippen LogP contribution in [0.2, 0.25) is 0 Å². The predicted octanol–water partition coefficient (Wildman–Crippen LogP) is 3.24. The van der Waals surface area contributed by atoms with E-state index in [9.17, 15) is 0 Å². The fourth-order valence-electron chi connectivity index (χ4n) is 2.74. The van der Waals surface area contributed by atoms with Gasteiger partial charge in [0.15, 0.2) is 0 Å². The van der Waals surface area contributed by atoms with Crippen molar-refractivity contribution in [1.29, 1.82) is 0 Å². The molecule has 1 N–H and O–H groups in total. The molecular weight excluding hydrogens is 222 g/mol. The Kier molecular flexibility index (Phi) is 2.82. The zero-order valence-electron chi connectivity index (χ0n) is 11.0. The Labute approximate surface area is 108 Å². The average molecular weight is 241 g/mol. The molecule has 0 aliphatic carbocycles. The van der Waals surface area contributed by atoms with E-state index in [2.05, 4.69) is 47.1 Å². The van der Waals surface area contributed by atoms with Crippen molar-refractivity contribution in [1.82, 2.24) is 9.78 Å². The van der Waals surface area contributed by atoms with Crippen molar-refractivity contribution >= 4 is 5.69 Å². The SMILES string of the molecule is CCCn1ncc(-c2cccc3c2CCN3)c1C. The van der Waals surface area contributed by atoms with Gasteiger partial charge in [0.2, 0.25) is 0 Å². The summed E-state index contributed by atoms with van der Waals surface area (Å²) in [5, 5.41) is 7.94. The van der Waals surface area contributed by atoms with Gasteiger partial charge in [-0.3, -0.25) is 4.68 Å². The first kappa shape index (κ1) is 11.3. The van der Waals surface area contributed by atoms with Gasteiger partial charge in [0.05, 0.1) is 6.20 Å². The molecule has 1 aromatic carbocycles. The Morgan fingerprint density at radius 3 is 3.06 bits per heavy atom. The molecular formula is C15H19N3. The second-order valence-corrected chi connectivity index (χ2v) is 4.88. The molecule has 1 aliphatic heterocycles. The van der Waals surface area contributed by atoms with E-state index in [4.69, 9.17) is 0 Å². The largest absolute Gasteiger partial charge is 0.384 e. The highest BCUT2D eigenvalue weighted by Crippen LogP contribution is 2.34. The maximum atomic E-state index is 4.50. The topological polar surface area (TPSA) is 29.9 Å². The predicted molar refractivity (Wildman–Crippen MR) is 74.9 cm³/mol. The molecule has 0 amide bonds. The van der Waals surface area contributed by atoms with Crippen LogP contribution in [0, 0.1) is 6.92 Å². The lowest BCUT2D eigenvalue weighted by atomic mass is 9.98. The number of aryl methyl sites for hydroxylation is 1. The number of hydrogen-bond acceptors (Lipinski definition) is 2. The van der Waals surface area contributed by atoms with Crippen molar-refractivity contribution in [3.05, 3.63) is 35.7 Å². The number of benzene rings is 1. The van der Waals surface area contributed by atoms with Crippen molar-refractivity contribution in [2.75, 3.05) is 11.9 Å². The third-order valence-electron chi connectivity index (χ3n) is 3.70. The van der Waals surface area contributed by atoms with Gasteiger partial charge >= 0.3 is 0 Å². The Morgan fingerprint density at radius 2 is 2.22 bits per heavy atom. The Bertz CT molecular complexity index is 569. The van der Waals surface area contributed by atoms with Gasteiger partial charge in [-0.25, -0.2) is 0 Å². The molecule has 3 heteroatoms. The van der Waals surface area contributed by atoms with Gasteiger partial charge in [0.25, 0.3) is 0 Å². The van der Waals surface area contributed by atoms with Gasteiger partial charge in [0.1, 0.15) is 0 Å². The van der Waals surface area contributed by atoms with Gasteiger partial charge in [-0.2, -0.15) is 5.10 Å². The molecule has 0 bridgehead atoms. The number of nitrogens with zero attached hydrogens (tertiary/aromatic N) is 2. The van der Waals surface area contributed by atoms with Crippen LogP contribution in [-0.4, -0.2) is 16.3 Å². The highest BCUT2D eigenvalue weighted by atomic mass is 15.3. The van der Waals surface area contributed by atoms with Gasteiger partial charge < -0.3 is 5.32 Å². The molecule has 0 spiro atoms. The number of anilines is 1. The fraction of sp³-hybridized carbons (Fsp3) is 0.400. The lowest BCUT2D eigenvalue weighted by molar-refractivity contribution is 0.587. The Hall–Kier alpha value is -1.77. The van der Waals surface area contributed by atoms with Gasteiger partial charge in [-0.05, 0) is 37.0 Å². The van der Waals surface area contributed by atoms with E-state index in [1.54, 1.807) is 0 Å². The van der Waals surface area contributed by atoms with E-state index < -0.39 is 0 Å². The van der Waals surface area contributed by atoms with Crippen LogP contribution in [0.1, 0.15) is 24.6 Å². The van der Waals surface area contributed by atoms with Crippen LogP contribution in [0.5, 0.6) is 0 Å². The van der Waals surface area contributed by atoms with Crippen LogP contribution in [0.3, 0.4) is 0 Å². The Balaban J connectivity index is 2.08. The summed E-state index contributed by atoms with van der Waals surface area (Å²) in [7, 11) is 0. The summed E-state index contributed by atoms with van der Waals surface area (Å²) in [4.78, 5) is 0. The first-order valence-electron chi connectivity index (χ1n) is 6.69. The third kappa shape index (κ3) is 1.70. The molecule has 18 heavy (non-hydrogen) atoms. The second kappa shape index (κ2) is 4.48. The summed E-state index contributed by atoms with van der Waals surface area (Å²) >= 11 is 0. The molecule has 0 fully saturated rings. The molecule has 0 atom stereocenters. The van der Waals surface area contributed by atoms with Gasteiger partial charge in [-0.1, -0.05) is 19.1 Å². The minimum Gasteiger partial charge on any atom is -0.384 e. The van der Waals surface area contributed by atoms with Crippen molar-refractivity contribution in [3.63, 3.8) is 0 Å². The van der Waals surface area contributed by atoms with E-state index in [0.29, 0.717) is 0 Å². The van der Waals surface area contributed by atoms with Crippen molar-refractivity contribution < 1.29 is 0 Å². The minimum absolute atomic E-state index is 0.999. The number of nitrogens with one attached hydrogen (secondary N) is 1. The minimum atomic E-state index is 0.999. The molecule has 1 aromatic heterocycles. The molecule has 2 heterocycles. The summed E-state index contributed by atoms with van der Waals surface area (Å²) < 4.78 is 2.11. The highest BCUT2D eigenvalue weighted by molar-refractivity contribution is 5.76. The maximum Gasteiger partial charge on any atom is 0.0571 e. The first-order valence-corrected chi connectivity index (χ1v) is 6.69. The van der Waals surface area contributed by atoms with Crippen LogP contribution in [0.4, 0.5) is 5.69 Å². The van der Waals surface area contributed by atoms with Gasteiger partial charge in [0, 0.05) is 30.0 Å². The summed E-state index contributed by atoms with van der Waals surface area (Å²) in [6, 6.07) is 6.51. The maximum absolute atomic E-state index is 4.50. The zero-order chi connectivity index (χ0) is 12.5. The lowest BCUT2D eigenvalue weighted by Gasteiger charge is -2.08. The van der Waals surface area contributed by atoms with E-state index >= 15 is 0 Å². The lowest BCUT2D eigenvalue weighted by Crippen LogP contribution is -2.01. The number of rotatable bonds is 3. The third-order valence-corrected chi connectivity index (χ3v) is 3.70. The molecule has 3 rings (SSSR count). The summed E-state index contributed by atoms with van der Waals surface area (Å²) in [5.41, 5.74) is 6.63. The average Bonchev–Trinajstić information content (AvgIpc) is 2.98. The van der Waals surface area contributed by atoms with Gasteiger partial charge in [-0.15, -0.1) is 0 Å². The summed E-state index contributed by atoms with van der Waals surface area (Å²) in [6.07, 6.45) is 4.25. The second-order valence-electron chi connectivity index (χ2n) is 4.88. The monoisotopic (exact) mass is 241 g/mol.